The van der Waals surface area contributed by atoms with E-state index >= 15 is 8.42 Å². The van der Waals surface area contributed by atoms with Gasteiger partial charge in [-0.25, -0.2) is 8.42 Å². The molecule has 3 aromatic carbocycles. The van der Waals surface area contributed by atoms with Gasteiger partial charge in [0.2, 0.25) is 21.7 Å². The van der Waals surface area contributed by atoms with Gasteiger partial charge in [0.1, 0.15) is 29.6 Å². The van der Waals surface area contributed by atoms with Crippen LogP contribution in [-0.2, 0) is 24.4 Å². The van der Waals surface area contributed by atoms with Crippen LogP contribution >= 0.6 is 0 Å². The fourth-order valence-electron chi connectivity index (χ4n) is 9.55. The number of aliphatic hydroxyl groups excluding tert-OH is 2. The summed E-state index contributed by atoms with van der Waals surface area (Å²) in [6.45, 7) is 9.68. The molecule has 3 N–H and O–H groups in total. The number of anilines is 1. The molecule has 1 saturated carbocycles. The number of unbranched alkanes of at least 4 members (excludes halogenated alkanes) is 2. The summed E-state index contributed by atoms with van der Waals surface area (Å²) in [5.74, 6) is -1.06. The number of rotatable bonds is 23. The first kappa shape index (κ1) is 47.4. The Kier molecular flexibility index (Phi) is 16.2. The predicted octanol–water partition coefficient (Wildman–Crippen LogP) is 8.01. The Morgan fingerprint density at radius 2 is 1.73 bits per heavy atom. The van der Waals surface area contributed by atoms with Gasteiger partial charge in [-0.2, -0.15) is 4.31 Å². The van der Waals surface area contributed by atoms with Crippen LogP contribution in [0.15, 0.2) is 95.0 Å². The molecule has 6 rings (SSSR count). The van der Waals surface area contributed by atoms with Crippen LogP contribution in [0.3, 0.4) is 0 Å². The van der Waals surface area contributed by atoms with Crippen molar-refractivity contribution in [1.29, 1.82) is 0 Å². The van der Waals surface area contributed by atoms with E-state index < -0.39 is 27.8 Å². The third kappa shape index (κ3) is 10.2. The largest absolute Gasteiger partial charge is 0.496 e. The second-order valence-corrected chi connectivity index (χ2v) is 18.0. The Bertz CT molecular complexity index is 2250. The molecule has 340 valence electrons. The Hall–Kier alpha value is -5.06. The maximum Gasteiger partial charge on any atom is 0.243 e. The molecule has 63 heavy (non-hydrogen) atoms. The average Bonchev–Trinajstić information content (AvgIpc) is 3.28. The minimum absolute atomic E-state index is 0.00293. The molecule has 0 bridgehead atoms. The van der Waals surface area contributed by atoms with Gasteiger partial charge in [-0.15, -0.1) is 6.58 Å². The van der Waals surface area contributed by atoms with E-state index in [4.69, 9.17) is 28.9 Å². The third-order valence-electron chi connectivity index (χ3n) is 12.1. The molecule has 0 aromatic heterocycles. The number of methoxy groups -OCH3 is 1. The van der Waals surface area contributed by atoms with Crippen molar-refractivity contribution in [3.63, 3.8) is 0 Å². The van der Waals surface area contributed by atoms with E-state index in [2.05, 4.69) is 18.0 Å². The molecular formula is C48H61N3O11S. The Morgan fingerprint density at radius 1 is 1.02 bits per heavy atom. The molecular weight excluding hydrogens is 827 g/mol. The van der Waals surface area contributed by atoms with Crippen LogP contribution in [0.1, 0.15) is 94.0 Å². The monoisotopic (exact) mass is 887 g/mol. The van der Waals surface area contributed by atoms with Crippen LogP contribution in [0.2, 0.25) is 0 Å². The number of carbonyl (C=O) groups is 2. The van der Waals surface area contributed by atoms with E-state index in [1.807, 2.05) is 26.0 Å². The van der Waals surface area contributed by atoms with Crippen molar-refractivity contribution in [2.45, 2.75) is 94.8 Å². The lowest BCUT2D eigenvalue weighted by Gasteiger charge is -2.59. The first-order valence-electron chi connectivity index (χ1n) is 21.9. The number of oxime groups is 1. The summed E-state index contributed by atoms with van der Waals surface area (Å²) in [7, 11) is -2.77. The number of allylic oxidation sites excluding steroid dienone is 1. The zero-order chi connectivity index (χ0) is 45.1. The fourth-order valence-corrected chi connectivity index (χ4v) is 11.3. The van der Waals surface area contributed by atoms with Crippen molar-refractivity contribution in [3.8, 4) is 23.0 Å². The highest BCUT2D eigenvalue weighted by molar-refractivity contribution is 7.89. The minimum atomic E-state index is -4.26. The number of ether oxygens (including phenoxy) is 4. The van der Waals surface area contributed by atoms with Crippen LogP contribution < -0.4 is 19.5 Å². The van der Waals surface area contributed by atoms with Gasteiger partial charge in [0, 0.05) is 50.3 Å². The summed E-state index contributed by atoms with van der Waals surface area (Å²) in [6, 6.07) is 15.7. The van der Waals surface area contributed by atoms with Crippen LogP contribution in [0.4, 0.5) is 5.69 Å². The average molecular weight is 888 g/mol. The zero-order valence-electron chi connectivity index (χ0n) is 36.7. The zero-order valence-corrected chi connectivity index (χ0v) is 37.5. The smallest absolute Gasteiger partial charge is 0.243 e. The molecule has 0 saturated heterocycles. The number of nitrogens with one attached hydrogen (secondary N) is 1. The van der Waals surface area contributed by atoms with E-state index in [0.717, 1.165) is 36.8 Å². The molecule has 15 heteroatoms. The second-order valence-electron chi connectivity index (χ2n) is 16.1. The number of carbonyl (C=O) groups excluding carboxylic acids is 2. The quantitative estimate of drug-likeness (QED) is 0.0363. The predicted molar refractivity (Wildman–Crippen MR) is 240 cm³/mol. The molecule has 3 aliphatic rings. The van der Waals surface area contributed by atoms with Crippen molar-refractivity contribution in [2.24, 2.45) is 22.9 Å². The standard InChI is InChI=1S/C48H61N3O11S/c1-6-23-51(63(56,57)38-19-15-35(16-20-38)49-32(4)55)45-30-42(50-60-8-3)40-28-33(13-9-11-24-52)39(14-10-12-25-53)46-41-29-37(61-36-17-21-43(58-5)34(27-36)31-54)18-22-44(41)62-48(45,47(40)46)59-26-7-2/h7,15-22,27-29,31,33,39,45-47,52-53H,2,6,8-14,23-26,30H2,1,3-5H3,(H,49,55)/t33-,39+,45-,46+,47+,48+/m0/s1. The molecule has 2 aliphatic carbocycles. The van der Waals surface area contributed by atoms with E-state index in [1.165, 1.54) is 30.5 Å². The molecule has 0 spiro atoms. The van der Waals surface area contributed by atoms with Crippen LogP contribution in [0.25, 0.3) is 0 Å². The maximum atomic E-state index is 15.1. The first-order chi connectivity index (χ1) is 30.5. The van der Waals surface area contributed by atoms with Gasteiger partial charge >= 0.3 is 0 Å². The fraction of sp³-hybridized carbons (Fsp3) is 0.479. The number of sulfonamides is 1. The first-order valence-corrected chi connectivity index (χ1v) is 23.3. The third-order valence-corrected chi connectivity index (χ3v) is 14.0. The van der Waals surface area contributed by atoms with E-state index in [9.17, 15) is 19.8 Å². The summed E-state index contributed by atoms with van der Waals surface area (Å²) < 4.78 is 57.8. The van der Waals surface area contributed by atoms with E-state index in [-0.39, 0.29) is 67.9 Å². The maximum absolute atomic E-state index is 15.1. The summed E-state index contributed by atoms with van der Waals surface area (Å²) in [5, 5.41) is 27.3. The van der Waals surface area contributed by atoms with Gasteiger partial charge in [0.25, 0.3) is 0 Å². The van der Waals surface area contributed by atoms with Crippen molar-refractivity contribution < 1.29 is 52.0 Å². The van der Waals surface area contributed by atoms with Crippen molar-refractivity contribution in [2.75, 3.05) is 45.4 Å². The Morgan fingerprint density at radius 3 is 2.38 bits per heavy atom. The molecule has 3 aromatic rings. The highest BCUT2D eigenvalue weighted by Gasteiger charge is 2.66. The van der Waals surface area contributed by atoms with Gasteiger partial charge < -0.3 is 39.3 Å². The topological polar surface area (TPSA) is 183 Å². The molecule has 6 atom stereocenters. The normalized spacial score (nSPS) is 23.2. The summed E-state index contributed by atoms with van der Waals surface area (Å²) in [5.41, 5.74) is 3.07. The lowest BCUT2D eigenvalue weighted by atomic mass is 9.55. The number of hydrogen-bond donors (Lipinski definition) is 3. The number of benzene rings is 3. The number of aldehydes is 1. The van der Waals surface area contributed by atoms with Crippen molar-refractivity contribution >= 4 is 33.6 Å². The number of amides is 1. The number of fused-ring (bicyclic) bond motifs is 2. The summed E-state index contributed by atoms with van der Waals surface area (Å²) in [4.78, 5) is 29.6. The Labute approximate surface area is 370 Å². The number of aliphatic hydroxyl groups is 2. The lowest BCUT2D eigenvalue weighted by Crippen LogP contribution is -2.70. The highest BCUT2D eigenvalue weighted by atomic mass is 32.2. The SMILES string of the molecule is C=CCO[C@@]12Oc3ccc(Oc4ccc(OC)c(C=O)c4)cc3[C@H]3[C@H](CCCCO)[C@@H](CCCCO)C=C(C(=NOCC)C[C@@H]1N(CCC)S(=O)(=O)c1ccc(NC(C)=O)cc1)[C@H]32. The molecule has 0 radical (unpaired) electrons. The number of hydrogen-bond acceptors (Lipinski definition) is 12. The van der Waals surface area contributed by atoms with Crippen molar-refractivity contribution in [3.05, 3.63) is 96.1 Å². The van der Waals surface area contributed by atoms with E-state index in [1.54, 1.807) is 42.5 Å². The van der Waals surface area contributed by atoms with Crippen LogP contribution in [0.5, 0.6) is 23.0 Å². The molecule has 1 heterocycles. The van der Waals surface area contributed by atoms with Gasteiger partial charge in [-0.3, -0.25) is 9.59 Å². The molecule has 1 fully saturated rings. The highest BCUT2D eigenvalue weighted by Crippen LogP contribution is 2.62. The van der Waals surface area contributed by atoms with Gasteiger partial charge in [-0.05, 0) is 117 Å². The van der Waals surface area contributed by atoms with Crippen LogP contribution in [0, 0.1) is 17.8 Å². The molecule has 0 unspecified atom stereocenters. The lowest BCUT2D eigenvalue weighted by molar-refractivity contribution is -0.251. The summed E-state index contributed by atoms with van der Waals surface area (Å²) >= 11 is 0. The summed E-state index contributed by atoms with van der Waals surface area (Å²) in [6.07, 6.45) is 9.36. The van der Waals surface area contributed by atoms with Crippen LogP contribution in [-0.4, -0.2) is 92.8 Å². The molecule has 1 aliphatic heterocycles. The van der Waals surface area contributed by atoms with Gasteiger partial charge in [0.15, 0.2) is 6.29 Å². The van der Waals surface area contributed by atoms with Gasteiger partial charge in [0.05, 0.1) is 41.8 Å². The number of nitrogens with zero attached hydrogens (tertiary/aromatic N) is 2. The van der Waals surface area contributed by atoms with Gasteiger partial charge in [-0.1, -0.05) is 37.1 Å². The molecule has 1 amide bonds. The molecule has 14 nitrogen and oxygen atoms in total. The van der Waals surface area contributed by atoms with E-state index in [0.29, 0.717) is 65.5 Å². The Balaban J connectivity index is 1.60. The second kappa shape index (κ2) is 21.5. The minimum Gasteiger partial charge on any atom is -0.496 e. The van der Waals surface area contributed by atoms with Crippen molar-refractivity contribution in [1.82, 2.24) is 4.31 Å².